The van der Waals surface area contributed by atoms with E-state index in [0.717, 1.165) is 30.9 Å². The van der Waals surface area contributed by atoms with Gasteiger partial charge in [-0.1, -0.05) is 31.9 Å². The van der Waals surface area contributed by atoms with Crippen molar-refractivity contribution in [3.05, 3.63) is 35.6 Å². The first-order valence-electron chi connectivity index (χ1n) is 7.51. The SMILES string of the molecule is CCC1NC(c2cccc(F)c2)N(CCC2CC2)C1=O. The number of benzene rings is 1. The van der Waals surface area contributed by atoms with E-state index in [0.29, 0.717) is 0 Å². The summed E-state index contributed by atoms with van der Waals surface area (Å²) in [4.78, 5) is 14.3. The molecule has 1 amide bonds. The van der Waals surface area contributed by atoms with Gasteiger partial charge in [0.25, 0.3) is 0 Å². The first-order valence-corrected chi connectivity index (χ1v) is 7.51. The molecule has 2 aliphatic rings. The van der Waals surface area contributed by atoms with Gasteiger partial charge in [-0.05, 0) is 36.5 Å². The van der Waals surface area contributed by atoms with Crippen molar-refractivity contribution >= 4 is 5.91 Å². The zero-order chi connectivity index (χ0) is 14.1. The maximum atomic E-state index is 13.4. The highest BCUT2D eigenvalue weighted by Gasteiger charge is 2.39. The molecule has 1 N–H and O–H groups in total. The minimum absolute atomic E-state index is 0.137. The highest BCUT2D eigenvalue weighted by atomic mass is 19.1. The van der Waals surface area contributed by atoms with E-state index in [1.54, 1.807) is 6.07 Å². The van der Waals surface area contributed by atoms with E-state index in [2.05, 4.69) is 5.32 Å². The van der Waals surface area contributed by atoms with E-state index in [-0.39, 0.29) is 23.9 Å². The predicted molar refractivity (Wildman–Crippen MR) is 75.4 cm³/mol. The summed E-state index contributed by atoms with van der Waals surface area (Å²) in [6, 6.07) is 6.41. The van der Waals surface area contributed by atoms with Gasteiger partial charge in [-0.15, -0.1) is 0 Å². The molecule has 1 aliphatic carbocycles. The van der Waals surface area contributed by atoms with Crippen LogP contribution >= 0.6 is 0 Å². The largest absolute Gasteiger partial charge is 0.322 e. The molecule has 0 radical (unpaired) electrons. The number of hydrogen-bond acceptors (Lipinski definition) is 2. The molecule has 3 rings (SSSR count). The summed E-state index contributed by atoms with van der Waals surface area (Å²) < 4.78 is 13.4. The molecule has 2 unspecified atom stereocenters. The lowest BCUT2D eigenvalue weighted by Crippen LogP contribution is -2.32. The van der Waals surface area contributed by atoms with Crippen molar-refractivity contribution in [2.75, 3.05) is 6.54 Å². The monoisotopic (exact) mass is 276 g/mol. The minimum atomic E-state index is -0.251. The summed E-state index contributed by atoms with van der Waals surface area (Å²) >= 11 is 0. The van der Waals surface area contributed by atoms with Crippen LogP contribution in [0.15, 0.2) is 24.3 Å². The van der Waals surface area contributed by atoms with Crippen LogP contribution in [0.4, 0.5) is 4.39 Å². The lowest BCUT2D eigenvalue weighted by Gasteiger charge is -2.24. The van der Waals surface area contributed by atoms with Crippen molar-refractivity contribution in [3.63, 3.8) is 0 Å². The van der Waals surface area contributed by atoms with Gasteiger partial charge in [0.15, 0.2) is 0 Å². The smallest absolute Gasteiger partial charge is 0.241 e. The fraction of sp³-hybridized carbons (Fsp3) is 0.562. The average Bonchev–Trinajstić information content (AvgIpc) is 3.21. The molecule has 1 saturated heterocycles. The van der Waals surface area contributed by atoms with Gasteiger partial charge in [-0.3, -0.25) is 10.1 Å². The molecular formula is C16H21FN2O. The maximum absolute atomic E-state index is 13.4. The predicted octanol–water partition coefficient (Wildman–Crippen LogP) is 2.83. The summed E-state index contributed by atoms with van der Waals surface area (Å²) in [5.74, 6) is 0.692. The first kappa shape index (κ1) is 13.6. The maximum Gasteiger partial charge on any atom is 0.241 e. The Hall–Kier alpha value is -1.42. The quantitative estimate of drug-likeness (QED) is 0.897. The van der Waals surface area contributed by atoms with Gasteiger partial charge in [0, 0.05) is 6.54 Å². The molecule has 1 aromatic rings. The number of hydrogen-bond donors (Lipinski definition) is 1. The van der Waals surface area contributed by atoms with Crippen LogP contribution < -0.4 is 5.32 Å². The highest BCUT2D eigenvalue weighted by Crippen LogP contribution is 2.34. The van der Waals surface area contributed by atoms with Crippen LogP contribution in [0.2, 0.25) is 0 Å². The van der Waals surface area contributed by atoms with E-state index in [4.69, 9.17) is 0 Å². The standard InChI is InChI=1S/C16H21FN2O/c1-2-14-16(20)19(9-8-11-6-7-11)15(18-14)12-4-3-5-13(17)10-12/h3-5,10-11,14-15,18H,2,6-9H2,1H3. The van der Waals surface area contributed by atoms with E-state index in [1.165, 1.54) is 25.0 Å². The van der Waals surface area contributed by atoms with Crippen LogP contribution in [0.1, 0.15) is 44.3 Å². The summed E-state index contributed by atoms with van der Waals surface area (Å²) in [7, 11) is 0. The van der Waals surface area contributed by atoms with Gasteiger partial charge in [-0.25, -0.2) is 4.39 Å². The Morgan fingerprint density at radius 3 is 2.85 bits per heavy atom. The fourth-order valence-corrected chi connectivity index (χ4v) is 2.89. The van der Waals surface area contributed by atoms with Gasteiger partial charge in [0.1, 0.15) is 12.0 Å². The third-order valence-corrected chi connectivity index (χ3v) is 4.30. The number of carbonyl (C=O) groups excluding carboxylic acids is 1. The second-order valence-electron chi connectivity index (χ2n) is 5.85. The summed E-state index contributed by atoms with van der Waals surface area (Å²) in [5, 5.41) is 3.34. The van der Waals surface area contributed by atoms with Crippen molar-refractivity contribution in [1.29, 1.82) is 0 Å². The third-order valence-electron chi connectivity index (χ3n) is 4.30. The molecule has 1 aliphatic heterocycles. The summed E-state index contributed by atoms with van der Waals surface area (Å²) in [5.41, 5.74) is 0.838. The molecule has 2 atom stereocenters. The molecular weight excluding hydrogens is 255 g/mol. The molecule has 0 aromatic heterocycles. The molecule has 4 heteroatoms. The zero-order valence-electron chi connectivity index (χ0n) is 11.8. The number of halogens is 1. The van der Waals surface area contributed by atoms with E-state index in [9.17, 15) is 9.18 Å². The zero-order valence-corrected chi connectivity index (χ0v) is 11.8. The molecule has 2 fully saturated rings. The lowest BCUT2D eigenvalue weighted by atomic mass is 10.1. The van der Waals surface area contributed by atoms with E-state index >= 15 is 0 Å². The summed E-state index contributed by atoms with van der Waals surface area (Å²) in [6.07, 6.45) is 4.23. The Morgan fingerprint density at radius 1 is 1.40 bits per heavy atom. The molecule has 3 nitrogen and oxygen atoms in total. The summed E-state index contributed by atoms with van der Waals surface area (Å²) in [6.45, 7) is 2.77. The molecule has 0 bridgehead atoms. The van der Waals surface area contributed by atoms with Gasteiger partial charge >= 0.3 is 0 Å². The van der Waals surface area contributed by atoms with Crippen molar-refractivity contribution in [1.82, 2.24) is 10.2 Å². The van der Waals surface area contributed by atoms with Crippen LogP contribution in [0.5, 0.6) is 0 Å². The van der Waals surface area contributed by atoms with Gasteiger partial charge in [-0.2, -0.15) is 0 Å². The van der Waals surface area contributed by atoms with Gasteiger partial charge < -0.3 is 4.90 Å². The van der Waals surface area contributed by atoms with Crippen molar-refractivity contribution < 1.29 is 9.18 Å². The normalized spacial score (nSPS) is 26.3. The number of rotatable bonds is 5. The molecule has 1 aromatic carbocycles. The number of nitrogens with one attached hydrogen (secondary N) is 1. The van der Waals surface area contributed by atoms with Crippen LogP contribution in [0.3, 0.4) is 0 Å². The van der Waals surface area contributed by atoms with Crippen LogP contribution in [-0.4, -0.2) is 23.4 Å². The Morgan fingerprint density at radius 2 is 2.20 bits per heavy atom. The van der Waals surface area contributed by atoms with Crippen LogP contribution in [0.25, 0.3) is 0 Å². The second kappa shape index (κ2) is 5.52. The molecule has 108 valence electrons. The second-order valence-corrected chi connectivity index (χ2v) is 5.85. The topological polar surface area (TPSA) is 32.3 Å². The fourth-order valence-electron chi connectivity index (χ4n) is 2.89. The molecule has 1 saturated carbocycles. The van der Waals surface area contributed by atoms with Gasteiger partial charge in [0.05, 0.1) is 6.04 Å². The number of amides is 1. The Labute approximate surface area is 119 Å². The van der Waals surface area contributed by atoms with Crippen LogP contribution in [0, 0.1) is 11.7 Å². The van der Waals surface area contributed by atoms with Gasteiger partial charge in [0.2, 0.25) is 5.91 Å². The minimum Gasteiger partial charge on any atom is -0.322 e. The van der Waals surface area contributed by atoms with Crippen molar-refractivity contribution in [2.24, 2.45) is 5.92 Å². The van der Waals surface area contributed by atoms with E-state index < -0.39 is 0 Å². The van der Waals surface area contributed by atoms with Crippen molar-refractivity contribution in [3.8, 4) is 0 Å². The average molecular weight is 276 g/mol. The Bertz CT molecular complexity index is 501. The Balaban J connectivity index is 1.79. The van der Waals surface area contributed by atoms with Crippen LogP contribution in [-0.2, 0) is 4.79 Å². The highest BCUT2D eigenvalue weighted by molar-refractivity contribution is 5.84. The number of carbonyl (C=O) groups is 1. The number of nitrogens with zero attached hydrogens (tertiary/aromatic N) is 1. The van der Waals surface area contributed by atoms with E-state index in [1.807, 2.05) is 17.9 Å². The first-order chi connectivity index (χ1) is 9.69. The molecule has 1 heterocycles. The lowest BCUT2D eigenvalue weighted by molar-refractivity contribution is -0.130. The Kier molecular flexibility index (Phi) is 3.74. The molecule has 20 heavy (non-hydrogen) atoms. The van der Waals surface area contributed by atoms with Crippen molar-refractivity contribution in [2.45, 2.75) is 44.8 Å². The molecule has 0 spiro atoms. The third kappa shape index (κ3) is 2.70.